The highest BCUT2D eigenvalue weighted by atomic mass is 32.2. The normalized spacial score (nSPS) is 11.1. The molecule has 0 atom stereocenters. The molecule has 0 aliphatic rings. The van der Waals surface area contributed by atoms with Crippen LogP contribution in [0.15, 0.2) is 47.4 Å². The van der Waals surface area contributed by atoms with E-state index in [0.29, 0.717) is 5.56 Å². The molecule has 8 heteroatoms. The quantitative estimate of drug-likeness (QED) is 0.758. The predicted molar refractivity (Wildman–Crippen MR) is 79.4 cm³/mol. The van der Waals surface area contributed by atoms with Crippen LogP contribution < -0.4 is 0 Å². The fraction of sp³-hybridized carbons (Fsp3) is 0.0667. The molecule has 0 heterocycles. The van der Waals surface area contributed by atoms with Crippen molar-refractivity contribution in [2.75, 3.05) is 0 Å². The molecule has 0 amide bonds. The number of carbonyl (C=O) groups is 2. The monoisotopic (exact) mass is 336 g/mol. The highest BCUT2D eigenvalue weighted by Gasteiger charge is 2.20. The van der Waals surface area contributed by atoms with E-state index < -0.39 is 38.7 Å². The molecule has 0 spiro atoms. The van der Waals surface area contributed by atoms with Gasteiger partial charge in [-0.3, -0.25) is 0 Å². The molecule has 0 saturated carbocycles. The van der Waals surface area contributed by atoms with Crippen molar-refractivity contribution in [3.05, 3.63) is 59.2 Å². The summed E-state index contributed by atoms with van der Waals surface area (Å²) in [7, 11) is -3.95. The maximum absolute atomic E-state index is 12.4. The molecule has 2 aromatic carbocycles. The second kappa shape index (κ2) is 6.09. The summed E-state index contributed by atoms with van der Waals surface area (Å²) >= 11 is 0. The summed E-state index contributed by atoms with van der Waals surface area (Å²) in [5, 5.41) is 27.2. The van der Waals surface area contributed by atoms with Crippen molar-refractivity contribution in [1.82, 2.24) is 0 Å². The van der Waals surface area contributed by atoms with Gasteiger partial charge in [-0.15, -0.1) is 0 Å². The van der Waals surface area contributed by atoms with Crippen molar-refractivity contribution < 1.29 is 33.3 Å². The Kier molecular flexibility index (Phi) is 4.37. The summed E-state index contributed by atoms with van der Waals surface area (Å²) in [5.74, 6) is -3.31. The van der Waals surface area contributed by atoms with E-state index in [9.17, 15) is 23.1 Å². The molecule has 120 valence electrons. The molecule has 0 fully saturated rings. The zero-order chi connectivity index (χ0) is 17.2. The third-order valence-electron chi connectivity index (χ3n) is 3.05. The Morgan fingerprint density at radius 1 is 0.870 bits per heavy atom. The molecular formula is C15H12O7S. The van der Waals surface area contributed by atoms with Gasteiger partial charge in [0.05, 0.1) is 21.8 Å². The maximum Gasteiger partial charge on any atom is 0.335 e. The SMILES string of the molecule is O=C(O)c1cc(C(=O)O)cc(S(=O)(=O)Cc2ccc(O)cc2)c1. The lowest BCUT2D eigenvalue weighted by molar-refractivity contribution is 0.0696. The summed E-state index contributed by atoms with van der Waals surface area (Å²) in [6.07, 6.45) is 0. The van der Waals surface area contributed by atoms with Gasteiger partial charge in [0, 0.05) is 0 Å². The van der Waals surface area contributed by atoms with Crippen LogP contribution in [0.3, 0.4) is 0 Å². The van der Waals surface area contributed by atoms with Crippen molar-refractivity contribution >= 4 is 21.8 Å². The van der Waals surface area contributed by atoms with Gasteiger partial charge in [-0.05, 0) is 35.9 Å². The number of carboxylic acids is 2. The number of hydrogen-bond acceptors (Lipinski definition) is 5. The predicted octanol–water partition coefficient (Wildman–Crippen LogP) is 1.76. The number of aromatic carboxylic acids is 2. The number of sulfone groups is 1. The van der Waals surface area contributed by atoms with E-state index in [2.05, 4.69) is 0 Å². The Bertz CT molecular complexity index is 835. The number of benzene rings is 2. The molecule has 7 nitrogen and oxygen atoms in total. The maximum atomic E-state index is 12.4. The van der Waals surface area contributed by atoms with Crippen molar-refractivity contribution in [2.24, 2.45) is 0 Å². The van der Waals surface area contributed by atoms with Crippen LogP contribution in [0, 0.1) is 0 Å². The van der Waals surface area contributed by atoms with E-state index in [1.54, 1.807) is 0 Å². The first-order valence-corrected chi connectivity index (χ1v) is 7.96. The van der Waals surface area contributed by atoms with Crippen LogP contribution in [-0.2, 0) is 15.6 Å². The Morgan fingerprint density at radius 2 is 1.35 bits per heavy atom. The van der Waals surface area contributed by atoms with E-state index in [-0.39, 0.29) is 10.6 Å². The smallest absolute Gasteiger partial charge is 0.335 e. The van der Waals surface area contributed by atoms with Crippen molar-refractivity contribution in [3.8, 4) is 5.75 Å². The summed E-state index contributed by atoms with van der Waals surface area (Å²) in [6, 6.07) is 8.19. The Balaban J connectivity index is 2.48. The van der Waals surface area contributed by atoms with Gasteiger partial charge in [0.25, 0.3) is 0 Å². The van der Waals surface area contributed by atoms with Crippen molar-refractivity contribution in [1.29, 1.82) is 0 Å². The van der Waals surface area contributed by atoms with E-state index in [4.69, 9.17) is 10.2 Å². The lowest BCUT2D eigenvalue weighted by Gasteiger charge is -2.08. The van der Waals surface area contributed by atoms with E-state index >= 15 is 0 Å². The van der Waals surface area contributed by atoms with Gasteiger partial charge in [0.15, 0.2) is 9.84 Å². The lowest BCUT2D eigenvalue weighted by atomic mass is 10.1. The van der Waals surface area contributed by atoms with Gasteiger partial charge in [0.2, 0.25) is 0 Å². The fourth-order valence-electron chi connectivity index (χ4n) is 1.92. The molecule has 0 aromatic heterocycles. The first-order valence-electron chi connectivity index (χ1n) is 6.31. The molecular weight excluding hydrogens is 324 g/mol. The average molecular weight is 336 g/mol. The number of aromatic hydroxyl groups is 1. The Hall–Kier alpha value is -2.87. The van der Waals surface area contributed by atoms with Crippen molar-refractivity contribution in [3.63, 3.8) is 0 Å². The molecule has 0 unspecified atom stereocenters. The van der Waals surface area contributed by atoms with Gasteiger partial charge in [-0.1, -0.05) is 12.1 Å². The van der Waals surface area contributed by atoms with Gasteiger partial charge in [0.1, 0.15) is 5.75 Å². The van der Waals surface area contributed by atoms with E-state index in [1.165, 1.54) is 24.3 Å². The zero-order valence-corrected chi connectivity index (χ0v) is 12.4. The van der Waals surface area contributed by atoms with Crippen LogP contribution in [0.5, 0.6) is 5.75 Å². The lowest BCUT2D eigenvalue weighted by Crippen LogP contribution is -2.10. The fourth-order valence-corrected chi connectivity index (χ4v) is 3.33. The number of rotatable bonds is 5. The van der Waals surface area contributed by atoms with Gasteiger partial charge < -0.3 is 15.3 Å². The minimum Gasteiger partial charge on any atom is -0.508 e. The summed E-state index contributed by atoms with van der Waals surface area (Å²) in [4.78, 5) is 21.7. The van der Waals surface area contributed by atoms with Crippen LogP contribution in [-0.4, -0.2) is 35.7 Å². The van der Waals surface area contributed by atoms with Gasteiger partial charge >= 0.3 is 11.9 Å². The van der Waals surface area contributed by atoms with Crippen LogP contribution in [0.1, 0.15) is 26.3 Å². The molecule has 0 saturated heterocycles. The second-order valence-electron chi connectivity index (χ2n) is 4.78. The van der Waals surface area contributed by atoms with Crippen LogP contribution in [0.2, 0.25) is 0 Å². The second-order valence-corrected chi connectivity index (χ2v) is 6.77. The third-order valence-corrected chi connectivity index (χ3v) is 4.72. The molecule has 2 aromatic rings. The Labute approximate surface area is 131 Å². The summed E-state index contributed by atoms with van der Waals surface area (Å²) in [5.41, 5.74) is -0.469. The van der Waals surface area contributed by atoms with Crippen LogP contribution in [0.4, 0.5) is 0 Å². The largest absolute Gasteiger partial charge is 0.508 e. The highest BCUT2D eigenvalue weighted by Crippen LogP contribution is 2.21. The third kappa shape index (κ3) is 3.86. The first kappa shape index (κ1) is 16.5. The minimum atomic E-state index is -3.95. The summed E-state index contributed by atoms with van der Waals surface area (Å²) in [6.45, 7) is 0. The zero-order valence-electron chi connectivity index (χ0n) is 11.6. The topological polar surface area (TPSA) is 129 Å². The van der Waals surface area contributed by atoms with E-state index in [1.807, 2.05) is 0 Å². The molecule has 0 aliphatic carbocycles. The van der Waals surface area contributed by atoms with Gasteiger partial charge in [-0.2, -0.15) is 0 Å². The molecule has 0 bridgehead atoms. The molecule has 0 radical (unpaired) electrons. The summed E-state index contributed by atoms with van der Waals surface area (Å²) < 4.78 is 24.8. The Morgan fingerprint density at radius 3 is 1.78 bits per heavy atom. The first-order chi connectivity index (χ1) is 10.7. The number of phenolic OH excluding ortho intramolecular Hbond substituents is 1. The average Bonchev–Trinajstić information content (AvgIpc) is 2.49. The number of hydrogen-bond donors (Lipinski definition) is 3. The molecule has 0 aliphatic heterocycles. The highest BCUT2D eigenvalue weighted by molar-refractivity contribution is 7.90. The van der Waals surface area contributed by atoms with Crippen LogP contribution >= 0.6 is 0 Å². The number of carboxylic acid groups (broad SMARTS) is 2. The molecule has 3 N–H and O–H groups in total. The van der Waals surface area contributed by atoms with E-state index in [0.717, 1.165) is 18.2 Å². The molecule has 23 heavy (non-hydrogen) atoms. The standard InChI is InChI=1S/C15H12O7S/c16-12-3-1-9(2-4-12)8-23(21,22)13-6-10(14(17)18)5-11(7-13)15(19)20/h1-7,16H,8H2,(H,17,18)(H,19,20). The van der Waals surface area contributed by atoms with Crippen molar-refractivity contribution in [2.45, 2.75) is 10.6 Å². The molecule has 2 rings (SSSR count). The minimum absolute atomic E-state index is 0.0211. The number of phenols is 1. The van der Waals surface area contributed by atoms with Crippen LogP contribution in [0.25, 0.3) is 0 Å². The van der Waals surface area contributed by atoms with Gasteiger partial charge in [-0.25, -0.2) is 18.0 Å².